The highest BCUT2D eigenvalue weighted by Gasteiger charge is 2.14. The van der Waals surface area contributed by atoms with Crippen LogP contribution in [0.3, 0.4) is 0 Å². The molecule has 0 bridgehead atoms. The van der Waals surface area contributed by atoms with Crippen molar-refractivity contribution in [2.45, 2.75) is 0 Å². The summed E-state index contributed by atoms with van der Waals surface area (Å²) in [4.78, 5) is 14.0. The van der Waals surface area contributed by atoms with Gasteiger partial charge in [0.15, 0.2) is 0 Å². The van der Waals surface area contributed by atoms with Crippen LogP contribution < -0.4 is 11.1 Å². The molecular weight excluding hydrogens is 234 g/mol. The summed E-state index contributed by atoms with van der Waals surface area (Å²) in [7, 11) is 0. The van der Waals surface area contributed by atoms with Crippen molar-refractivity contribution in [3.05, 3.63) is 24.3 Å². The number of thioether (sulfide) groups is 1. The third-order valence-corrected chi connectivity index (χ3v) is 3.65. The maximum atomic E-state index is 11.8. The van der Waals surface area contributed by atoms with Crippen LogP contribution >= 0.6 is 11.8 Å². The first kappa shape index (κ1) is 12.3. The van der Waals surface area contributed by atoms with Crippen LogP contribution in [0.4, 0.5) is 11.4 Å². The van der Waals surface area contributed by atoms with Crippen LogP contribution in [0.5, 0.6) is 0 Å². The van der Waals surface area contributed by atoms with Gasteiger partial charge in [0.2, 0.25) is 5.91 Å². The number of hydrogen-bond acceptors (Lipinski definition) is 4. The van der Waals surface area contributed by atoms with E-state index in [4.69, 9.17) is 5.73 Å². The molecule has 1 aromatic carbocycles. The molecule has 1 fully saturated rings. The second kappa shape index (κ2) is 5.93. The summed E-state index contributed by atoms with van der Waals surface area (Å²) >= 11 is 1.94. The maximum Gasteiger partial charge on any atom is 0.238 e. The number of carbonyl (C=O) groups excluding carboxylic acids is 1. The zero-order valence-corrected chi connectivity index (χ0v) is 10.5. The van der Waals surface area contributed by atoms with E-state index in [1.165, 1.54) is 0 Å². The summed E-state index contributed by atoms with van der Waals surface area (Å²) in [5, 5.41) is 2.85. The van der Waals surface area contributed by atoms with Gasteiger partial charge < -0.3 is 11.1 Å². The quantitative estimate of drug-likeness (QED) is 0.794. The molecule has 1 aliphatic heterocycles. The number of hydrogen-bond donors (Lipinski definition) is 2. The summed E-state index contributed by atoms with van der Waals surface area (Å²) in [6, 6.07) is 7.32. The Morgan fingerprint density at radius 3 is 2.76 bits per heavy atom. The van der Waals surface area contributed by atoms with E-state index in [0.717, 1.165) is 24.6 Å². The Morgan fingerprint density at radius 1 is 1.35 bits per heavy atom. The van der Waals surface area contributed by atoms with E-state index in [-0.39, 0.29) is 5.91 Å². The van der Waals surface area contributed by atoms with E-state index in [2.05, 4.69) is 10.2 Å². The molecule has 0 aliphatic carbocycles. The number of rotatable bonds is 3. The molecule has 1 aromatic rings. The molecule has 92 valence electrons. The van der Waals surface area contributed by atoms with Crippen molar-refractivity contribution in [2.24, 2.45) is 0 Å². The lowest BCUT2D eigenvalue weighted by Gasteiger charge is -2.25. The summed E-state index contributed by atoms with van der Waals surface area (Å²) in [6.45, 7) is 2.43. The predicted octanol–water partition coefficient (Wildman–Crippen LogP) is 1.26. The Kier molecular flexibility index (Phi) is 4.28. The van der Waals surface area contributed by atoms with Crippen molar-refractivity contribution < 1.29 is 4.79 Å². The van der Waals surface area contributed by atoms with E-state index in [9.17, 15) is 4.79 Å². The van der Waals surface area contributed by atoms with E-state index in [1.807, 2.05) is 30.0 Å². The number of nitrogen functional groups attached to an aromatic ring is 1. The van der Waals surface area contributed by atoms with E-state index < -0.39 is 0 Å². The Morgan fingerprint density at radius 2 is 2.06 bits per heavy atom. The molecule has 0 atom stereocenters. The number of anilines is 2. The largest absolute Gasteiger partial charge is 0.397 e. The average molecular weight is 251 g/mol. The van der Waals surface area contributed by atoms with E-state index >= 15 is 0 Å². The molecule has 0 radical (unpaired) electrons. The average Bonchev–Trinajstić information content (AvgIpc) is 2.33. The molecule has 4 nitrogen and oxygen atoms in total. The highest BCUT2D eigenvalue weighted by molar-refractivity contribution is 7.99. The molecule has 0 saturated carbocycles. The van der Waals surface area contributed by atoms with Gasteiger partial charge in [-0.2, -0.15) is 11.8 Å². The van der Waals surface area contributed by atoms with Gasteiger partial charge in [0.25, 0.3) is 0 Å². The van der Waals surface area contributed by atoms with Gasteiger partial charge in [-0.05, 0) is 12.1 Å². The van der Waals surface area contributed by atoms with Gasteiger partial charge in [-0.15, -0.1) is 0 Å². The number of amides is 1. The van der Waals surface area contributed by atoms with Crippen LogP contribution in [0.1, 0.15) is 0 Å². The first-order valence-corrected chi connectivity index (χ1v) is 6.85. The Labute approximate surface area is 106 Å². The minimum absolute atomic E-state index is 0.00907. The normalized spacial score (nSPS) is 16.7. The lowest BCUT2D eigenvalue weighted by Crippen LogP contribution is -2.38. The van der Waals surface area contributed by atoms with Gasteiger partial charge >= 0.3 is 0 Å². The summed E-state index contributed by atoms with van der Waals surface area (Å²) in [5.41, 5.74) is 7.07. The number of nitrogens with zero attached hydrogens (tertiary/aromatic N) is 1. The molecular formula is C12H17N3OS. The van der Waals surface area contributed by atoms with Crippen molar-refractivity contribution in [2.75, 3.05) is 42.2 Å². The molecule has 0 aromatic heterocycles. The van der Waals surface area contributed by atoms with Gasteiger partial charge in [-0.3, -0.25) is 9.69 Å². The third-order valence-electron chi connectivity index (χ3n) is 2.71. The molecule has 1 aliphatic rings. The van der Waals surface area contributed by atoms with Crippen LogP contribution in [0.15, 0.2) is 24.3 Å². The van der Waals surface area contributed by atoms with Crippen molar-refractivity contribution in [3.63, 3.8) is 0 Å². The fraction of sp³-hybridized carbons (Fsp3) is 0.417. The summed E-state index contributed by atoms with van der Waals surface area (Å²) < 4.78 is 0. The van der Waals surface area contributed by atoms with Gasteiger partial charge in [0.05, 0.1) is 17.9 Å². The molecule has 0 unspecified atom stereocenters. The summed E-state index contributed by atoms with van der Waals surface area (Å²) in [5.74, 6) is 2.23. The molecule has 5 heteroatoms. The zero-order valence-electron chi connectivity index (χ0n) is 9.69. The van der Waals surface area contributed by atoms with Gasteiger partial charge in [-0.1, -0.05) is 12.1 Å². The second-order valence-electron chi connectivity index (χ2n) is 4.02. The minimum Gasteiger partial charge on any atom is -0.397 e. The third kappa shape index (κ3) is 3.64. The smallest absolute Gasteiger partial charge is 0.238 e. The Balaban J connectivity index is 1.86. The molecule has 3 N–H and O–H groups in total. The number of carbonyl (C=O) groups is 1. The first-order valence-electron chi connectivity index (χ1n) is 5.70. The van der Waals surface area contributed by atoms with Crippen molar-refractivity contribution in [1.29, 1.82) is 0 Å². The molecule has 1 amide bonds. The monoisotopic (exact) mass is 251 g/mol. The van der Waals surface area contributed by atoms with E-state index in [0.29, 0.717) is 17.9 Å². The molecule has 17 heavy (non-hydrogen) atoms. The Bertz CT molecular complexity index is 391. The van der Waals surface area contributed by atoms with Crippen LogP contribution in [0.25, 0.3) is 0 Å². The standard InChI is InChI=1S/C12H17N3OS/c13-10-3-1-2-4-11(10)14-12(16)9-15-5-7-17-8-6-15/h1-4H,5-9,13H2,(H,14,16). The second-order valence-corrected chi connectivity index (χ2v) is 5.25. The van der Waals surface area contributed by atoms with E-state index in [1.54, 1.807) is 6.07 Å². The molecule has 0 spiro atoms. The van der Waals surface area contributed by atoms with Crippen LogP contribution in [0.2, 0.25) is 0 Å². The first-order chi connectivity index (χ1) is 8.25. The predicted molar refractivity (Wildman–Crippen MR) is 73.2 cm³/mol. The fourth-order valence-corrected chi connectivity index (χ4v) is 2.74. The fourth-order valence-electron chi connectivity index (χ4n) is 1.76. The molecule has 1 heterocycles. The minimum atomic E-state index is 0.00907. The number of nitrogens with one attached hydrogen (secondary N) is 1. The number of para-hydroxylation sites is 2. The summed E-state index contributed by atoms with van der Waals surface area (Å²) in [6.07, 6.45) is 0. The van der Waals surface area contributed by atoms with Gasteiger partial charge in [0.1, 0.15) is 0 Å². The molecule has 2 rings (SSSR count). The number of nitrogens with two attached hydrogens (primary N) is 1. The highest BCUT2D eigenvalue weighted by Crippen LogP contribution is 2.16. The Hall–Kier alpha value is -1.20. The SMILES string of the molecule is Nc1ccccc1NC(=O)CN1CCSCC1. The lowest BCUT2D eigenvalue weighted by atomic mass is 10.2. The highest BCUT2D eigenvalue weighted by atomic mass is 32.2. The maximum absolute atomic E-state index is 11.8. The van der Waals surface area contributed by atoms with Crippen LogP contribution in [-0.2, 0) is 4.79 Å². The lowest BCUT2D eigenvalue weighted by molar-refractivity contribution is -0.117. The zero-order chi connectivity index (χ0) is 12.1. The van der Waals surface area contributed by atoms with Crippen molar-refractivity contribution >= 4 is 29.0 Å². The molecule has 1 saturated heterocycles. The van der Waals surface area contributed by atoms with Gasteiger partial charge in [-0.25, -0.2) is 0 Å². The topological polar surface area (TPSA) is 58.4 Å². The van der Waals surface area contributed by atoms with Gasteiger partial charge in [0, 0.05) is 24.6 Å². The van der Waals surface area contributed by atoms with Crippen LogP contribution in [0, 0.1) is 0 Å². The van der Waals surface area contributed by atoms with Crippen LogP contribution in [-0.4, -0.2) is 41.9 Å². The van der Waals surface area contributed by atoms with Crippen molar-refractivity contribution in [3.8, 4) is 0 Å². The number of benzene rings is 1. The van der Waals surface area contributed by atoms with Crippen molar-refractivity contribution in [1.82, 2.24) is 4.90 Å².